The number of rotatable bonds is 6. The van der Waals surface area contributed by atoms with Gasteiger partial charge < -0.3 is 9.84 Å². The van der Waals surface area contributed by atoms with Gasteiger partial charge in [-0.1, -0.05) is 59.5 Å². The molecule has 0 bridgehead atoms. The van der Waals surface area contributed by atoms with Crippen LogP contribution in [0.3, 0.4) is 0 Å². The van der Waals surface area contributed by atoms with E-state index in [0.717, 1.165) is 20.9 Å². The van der Waals surface area contributed by atoms with E-state index < -0.39 is 6.10 Å². The van der Waals surface area contributed by atoms with Crippen molar-refractivity contribution in [2.24, 2.45) is 0 Å². The van der Waals surface area contributed by atoms with Gasteiger partial charge in [0.2, 0.25) is 0 Å². The summed E-state index contributed by atoms with van der Waals surface area (Å²) in [5.74, 6) is 1.34. The SMILES string of the molecule is O[C@H](COc1cccc2ccccc12)CSc1nncs1. The fraction of sp³-hybridized carbons (Fsp3) is 0.200. The second-order valence-corrected chi connectivity index (χ2v) is 6.56. The van der Waals surface area contributed by atoms with Gasteiger partial charge in [-0.05, 0) is 11.5 Å². The Kier molecular flexibility index (Phi) is 4.69. The highest BCUT2D eigenvalue weighted by Gasteiger charge is 2.09. The molecule has 0 fully saturated rings. The average molecular weight is 318 g/mol. The Hall–Kier alpha value is -1.63. The van der Waals surface area contributed by atoms with Gasteiger partial charge in [-0.3, -0.25) is 0 Å². The van der Waals surface area contributed by atoms with Gasteiger partial charge >= 0.3 is 0 Å². The number of aliphatic hydroxyl groups excluding tert-OH is 1. The van der Waals surface area contributed by atoms with Crippen LogP contribution in [0.5, 0.6) is 5.75 Å². The maximum Gasteiger partial charge on any atom is 0.174 e. The van der Waals surface area contributed by atoms with Crippen LogP contribution < -0.4 is 4.74 Å². The molecule has 21 heavy (non-hydrogen) atoms. The topological polar surface area (TPSA) is 55.2 Å². The molecule has 0 saturated carbocycles. The van der Waals surface area contributed by atoms with Gasteiger partial charge in [0, 0.05) is 11.1 Å². The summed E-state index contributed by atoms with van der Waals surface area (Å²) in [4.78, 5) is 0. The third-order valence-electron chi connectivity index (χ3n) is 2.92. The first-order valence-electron chi connectivity index (χ1n) is 6.50. The van der Waals surface area contributed by atoms with E-state index in [1.807, 2.05) is 42.5 Å². The molecule has 1 heterocycles. The smallest absolute Gasteiger partial charge is 0.174 e. The highest BCUT2D eigenvalue weighted by Crippen LogP contribution is 2.25. The summed E-state index contributed by atoms with van der Waals surface area (Å²) >= 11 is 2.96. The van der Waals surface area contributed by atoms with E-state index in [4.69, 9.17) is 4.74 Å². The molecule has 108 valence electrons. The van der Waals surface area contributed by atoms with E-state index >= 15 is 0 Å². The summed E-state index contributed by atoms with van der Waals surface area (Å²) in [7, 11) is 0. The maximum atomic E-state index is 9.99. The van der Waals surface area contributed by atoms with Crippen molar-refractivity contribution in [1.29, 1.82) is 0 Å². The zero-order valence-electron chi connectivity index (χ0n) is 11.2. The summed E-state index contributed by atoms with van der Waals surface area (Å²) in [6.07, 6.45) is -0.544. The van der Waals surface area contributed by atoms with E-state index in [2.05, 4.69) is 10.2 Å². The first kappa shape index (κ1) is 14.3. The number of nitrogens with zero attached hydrogens (tertiary/aromatic N) is 2. The quantitative estimate of drug-likeness (QED) is 0.707. The molecule has 0 aliphatic rings. The molecule has 2 aromatic carbocycles. The van der Waals surface area contributed by atoms with E-state index in [1.165, 1.54) is 23.1 Å². The Balaban J connectivity index is 1.58. The second kappa shape index (κ2) is 6.89. The van der Waals surface area contributed by atoms with Crippen LogP contribution in [0.25, 0.3) is 10.8 Å². The maximum absolute atomic E-state index is 9.99. The zero-order chi connectivity index (χ0) is 14.5. The molecule has 0 spiro atoms. The highest BCUT2D eigenvalue weighted by atomic mass is 32.2. The van der Waals surface area contributed by atoms with Crippen LogP contribution in [0.4, 0.5) is 0 Å². The van der Waals surface area contributed by atoms with Gasteiger partial charge in [0.05, 0.1) is 6.10 Å². The fourth-order valence-corrected chi connectivity index (χ4v) is 3.37. The minimum atomic E-state index is -0.544. The van der Waals surface area contributed by atoms with Crippen LogP contribution in [0.1, 0.15) is 0 Å². The molecular formula is C15H14N2O2S2. The molecule has 4 nitrogen and oxygen atoms in total. The molecule has 0 unspecified atom stereocenters. The lowest BCUT2D eigenvalue weighted by atomic mass is 10.1. The number of benzene rings is 2. The monoisotopic (exact) mass is 318 g/mol. The number of aliphatic hydroxyl groups is 1. The summed E-state index contributed by atoms with van der Waals surface area (Å²) in [5, 5.41) is 19.9. The van der Waals surface area contributed by atoms with E-state index in [0.29, 0.717) is 5.75 Å². The van der Waals surface area contributed by atoms with Gasteiger partial charge in [0.25, 0.3) is 0 Å². The molecule has 1 atom stereocenters. The largest absolute Gasteiger partial charge is 0.490 e. The van der Waals surface area contributed by atoms with Crippen molar-refractivity contribution >= 4 is 33.9 Å². The van der Waals surface area contributed by atoms with Crippen molar-refractivity contribution in [2.45, 2.75) is 10.4 Å². The number of ether oxygens (including phenoxy) is 1. The Bertz CT molecular complexity index is 698. The van der Waals surface area contributed by atoms with E-state index in [9.17, 15) is 5.11 Å². The lowest BCUT2D eigenvalue weighted by Crippen LogP contribution is -2.20. The number of hydrogen-bond acceptors (Lipinski definition) is 6. The molecule has 3 aromatic rings. The number of fused-ring (bicyclic) bond motifs is 1. The van der Waals surface area contributed by atoms with Crippen LogP contribution in [-0.2, 0) is 0 Å². The fourth-order valence-electron chi connectivity index (χ4n) is 1.95. The Labute approximate surface area is 130 Å². The molecule has 3 rings (SSSR count). The third-order valence-corrected chi connectivity index (χ3v) is 4.93. The third kappa shape index (κ3) is 3.72. The Morgan fingerprint density at radius 2 is 2.05 bits per heavy atom. The van der Waals surface area contributed by atoms with Crippen molar-refractivity contribution in [2.75, 3.05) is 12.4 Å². The van der Waals surface area contributed by atoms with Crippen molar-refractivity contribution in [3.63, 3.8) is 0 Å². The molecule has 0 aliphatic heterocycles. The van der Waals surface area contributed by atoms with Crippen LogP contribution in [-0.4, -0.2) is 33.8 Å². The minimum absolute atomic E-state index is 0.264. The number of hydrogen-bond donors (Lipinski definition) is 1. The predicted molar refractivity (Wildman–Crippen MR) is 86.1 cm³/mol. The van der Waals surface area contributed by atoms with Crippen molar-refractivity contribution in [3.05, 3.63) is 48.0 Å². The summed E-state index contributed by atoms with van der Waals surface area (Å²) in [6.45, 7) is 0.264. The first-order valence-corrected chi connectivity index (χ1v) is 8.37. The normalized spacial score (nSPS) is 12.4. The number of aromatic nitrogens is 2. The van der Waals surface area contributed by atoms with Gasteiger partial charge in [-0.2, -0.15) is 0 Å². The van der Waals surface area contributed by atoms with Crippen molar-refractivity contribution in [1.82, 2.24) is 10.2 Å². The standard InChI is InChI=1S/C15H14N2O2S2/c18-12(9-20-15-17-16-10-21-15)8-19-14-7-3-5-11-4-1-2-6-13(11)14/h1-7,10,12,18H,8-9H2/t12-/m1/s1. The first-order chi connectivity index (χ1) is 10.3. The molecule has 0 aliphatic carbocycles. The van der Waals surface area contributed by atoms with Gasteiger partial charge in [0.15, 0.2) is 4.34 Å². The van der Waals surface area contributed by atoms with Crippen LogP contribution in [0.2, 0.25) is 0 Å². The molecule has 1 aromatic heterocycles. The lowest BCUT2D eigenvalue weighted by Gasteiger charge is -2.13. The van der Waals surface area contributed by atoms with Crippen LogP contribution in [0.15, 0.2) is 52.3 Å². The Morgan fingerprint density at radius 1 is 1.19 bits per heavy atom. The average Bonchev–Trinajstić information content (AvgIpc) is 3.04. The zero-order valence-corrected chi connectivity index (χ0v) is 12.8. The molecule has 0 radical (unpaired) electrons. The molecule has 6 heteroatoms. The van der Waals surface area contributed by atoms with Gasteiger partial charge in [-0.25, -0.2) is 0 Å². The molecular weight excluding hydrogens is 304 g/mol. The number of thioether (sulfide) groups is 1. The second-order valence-electron chi connectivity index (χ2n) is 4.46. The Morgan fingerprint density at radius 3 is 2.90 bits per heavy atom. The molecule has 0 saturated heterocycles. The van der Waals surface area contributed by atoms with Crippen LogP contribution >= 0.6 is 23.1 Å². The summed E-state index contributed by atoms with van der Waals surface area (Å²) < 4.78 is 6.62. The lowest BCUT2D eigenvalue weighted by molar-refractivity contribution is 0.127. The van der Waals surface area contributed by atoms with Gasteiger partial charge in [-0.15, -0.1) is 10.2 Å². The predicted octanol–water partition coefficient (Wildman–Crippen LogP) is 3.22. The molecule has 0 amide bonds. The van der Waals surface area contributed by atoms with Gasteiger partial charge in [0.1, 0.15) is 17.9 Å². The van der Waals surface area contributed by atoms with E-state index in [1.54, 1.807) is 5.51 Å². The van der Waals surface area contributed by atoms with E-state index in [-0.39, 0.29) is 6.61 Å². The van der Waals surface area contributed by atoms with Crippen LogP contribution in [0, 0.1) is 0 Å². The van der Waals surface area contributed by atoms with Crippen molar-refractivity contribution in [3.8, 4) is 5.75 Å². The summed E-state index contributed by atoms with van der Waals surface area (Å²) in [5.41, 5.74) is 1.68. The minimum Gasteiger partial charge on any atom is -0.490 e. The highest BCUT2D eigenvalue weighted by molar-refractivity contribution is 8.01. The van der Waals surface area contributed by atoms with Crippen molar-refractivity contribution < 1.29 is 9.84 Å². The summed E-state index contributed by atoms with van der Waals surface area (Å²) in [6, 6.07) is 14.0. The molecule has 1 N–H and O–H groups in total.